The lowest BCUT2D eigenvalue weighted by molar-refractivity contribution is -0.140. The minimum absolute atomic E-state index is 0.0666. The van der Waals surface area contributed by atoms with Gasteiger partial charge in [-0.2, -0.15) is 0 Å². The maximum atomic E-state index is 11.7. The molecule has 1 heterocycles. The summed E-state index contributed by atoms with van der Waals surface area (Å²) in [6.45, 7) is 3.86. The molecule has 0 aliphatic carbocycles. The molecule has 104 valence electrons. The molecule has 1 amide bonds. The van der Waals surface area contributed by atoms with E-state index in [9.17, 15) is 13.8 Å². The number of unbranched alkanes of at least 4 members (excludes halogenated alkanes) is 1. The number of nitrogens with zero attached hydrogens (tertiary/aromatic N) is 1. The van der Waals surface area contributed by atoms with Crippen molar-refractivity contribution >= 4 is 22.7 Å². The first-order valence-corrected chi connectivity index (χ1v) is 7.90. The number of hydrogen-bond acceptors (Lipinski definition) is 4. The van der Waals surface area contributed by atoms with Gasteiger partial charge in [0.15, 0.2) is 0 Å². The molecule has 0 aromatic rings. The van der Waals surface area contributed by atoms with Gasteiger partial charge in [0.25, 0.3) is 0 Å². The Morgan fingerprint density at radius 1 is 1.22 bits per heavy atom. The highest BCUT2D eigenvalue weighted by molar-refractivity contribution is 7.86. The summed E-state index contributed by atoms with van der Waals surface area (Å²) in [6, 6.07) is 0. The number of esters is 1. The molecule has 0 radical (unpaired) electrons. The first-order valence-electron chi connectivity index (χ1n) is 6.42. The van der Waals surface area contributed by atoms with E-state index in [1.807, 2.05) is 6.92 Å². The van der Waals surface area contributed by atoms with Crippen LogP contribution in [-0.4, -0.2) is 52.2 Å². The molecule has 1 aliphatic rings. The van der Waals surface area contributed by atoms with Crippen LogP contribution in [0, 0.1) is 0 Å². The quantitative estimate of drug-likeness (QED) is 0.507. The molecule has 1 saturated heterocycles. The van der Waals surface area contributed by atoms with Crippen LogP contribution in [0.4, 0.5) is 0 Å². The fourth-order valence-electron chi connectivity index (χ4n) is 1.75. The van der Waals surface area contributed by atoms with Gasteiger partial charge in [0.1, 0.15) is 11.5 Å². The molecule has 1 atom stereocenters. The summed E-state index contributed by atoms with van der Waals surface area (Å²) in [6.07, 6.45) is 3.78. The summed E-state index contributed by atoms with van der Waals surface area (Å²) in [4.78, 5) is 24.7. The molecule has 18 heavy (non-hydrogen) atoms. The van der Waals surface area contributed by atoms with E-state index in [0.29, 0.717) is 6.61 Å². The van der Waals surface area contributed by atoms with Crippen LogP contribution in [0.1, 0.15) is 32.6 Å². The molecule has 5 nitrogen and oxygen atoms in total. The van der Waals surface area contributed by atoms with Crippen molar-refractivity contribution < 1.29 is 18.5 Å². The van der Waals surface area contributed by atoms with Gasteiger partial charge in [-0.25, -0.2) is 0 Å². The van der Waals surface area contributed by atoms with Crippen LogP contribution in [0.3, 0.4) is 0 Å². The highest BCUT2D eigenvalue weighted by Gasteiger charge is 2.21. The van der Waals surface area contributed by atoms with E-state index in [0.717, 1.165) is 38.8 Å². The topological polar surface area (TPSA) is 63.7 Å². The summed E-state index contributed by atoms with van der Waals surface area (Å²) >= 11 is 0. The molecule has 0 bridgehead atoms. The number of rotatable bonds is 7. The fourth-order valence-corrected chi connectivity index (χ4v) is 2.66. The number of carbonyl (C=O) groups excluding carboxylic acids is 2. The Morgan fingerprint density at radius 3 is 2.50 bits per heavy atom. The molecule has 1 unspecified atom stereocenters. The number of amides is 1. The van der Waals surface area contributed by atoms with Gasteiger partial charge >= 0.3 is 5.97 Å². The third kappa shape index (κ3) is 5.62. The van der Waals surface area contributed by atoms with Crippen molar-refractivity contribution in [1.82, 2.24) is 4.90 Å². The molecule has 0 saturated carbocycles. The van der Waals surface area contributed by atoms with Gasteiger partial charge in [-0.3, -0.25) is 13.8 Å². The zero-order chi connectivity index (χ0) is 13.4. The Labute approximate surface area is 110 Å². The standard InChI is InChI=1S/C12H21NO4S/c1-2-3-8-17-12(15)10-18(16)9-11(14)13-6-4-5-7-13/h2-10H2,1H3. The summed E-state index contributed by atoms with van der Waals surface area (Å²) in [7, 11) is -1.45. The highest BCUT2D eigenvalue weighted by Crippen LogP contribution is 2.07. The number of hydrogen-bond donors (Lipinski definition) is 0. The minimum Gasteiger partial charge on any atom is -0.465 e. The van der Waals surface area contributed by atoms with E-state index in [2.05, 4.69) is 0 Å². The average Bonchev–Trinajstić information content (AvgIpc) is 2.82. The van der Waals surface area contributed by atoms with Crippen LogP contribution in [0.5, 0.6) is 0 Å². The van der Waals surface area contributed by atoms with Crippen molar-refractivity contribution in [2.24, 2.45) is 0 Å². The maximum absolute atomic E-state index is 11.7. The van der Waals surface area contributed by atoms with Gasteiger partial charge < -0.3 is 9.64 Å². The van der Waals surface area contributed by atoms with Crippen molar-refractivity contribution in [3.63, 3.8) is 0 Å². The molecule has 1 fully saturated rings. The van der Waals surface area contributed by atoms with Gasteiger partial charge in [-0.05, 0) is 19.3 Å². The van der Waals surface area contributed by atoms with Gasteiger partial charge in [-0.1, -0.05) is 13.3 Å². The van der Waals surface area contributed by atoms with Gasteiger partial charge in [0, 0.05) is 23.9 Å². The van der Waals surface area contributed by atoms with Gasteiger partial charge in [0.05, 0.1) is 6.61 Å². The molecule has 0 aromatic heterocycles. The predicted octanol–water partition coefficient (Wildman–Crippen LogP) is 0.701. The molecule has 0 spiro atoms. The third-order valence-corrected chi connectivity index (χ3v) is 3.91. The first-order chi connectivity index (χ1) is 8.63. The van der Waals surface area contributed by atoms with Gasteiger partial charge in [-0.15, -0.1) is 0 Å². The van der Waals surface area contributed by atoms with E-state index in [1.165, 1.54) is 0 Å². The fraction of sp³-hybridized carbons (Fsp3) is 0.833. The van der Waals surface area contributed by atoms with E-state index in [1.54, 1.807) is 4.90 Å². The van der Waals surface area contributed by atoms with Crippen LogP contribution in [-0.2, 0) is 25.1 Å². The van der Waals surface area contributed by atoms with Crippen LogP contribution < -0.4 is 0 Å². The van der Waals surface area contributed by atoms with E-state index in [4.69, 9.17) is 4.74 Å². The Kier molecular flexibility index (Phi) is 6.93. The number of carbonyl (C=O) groups is 2. The highest BCUT2D eigenvalue weighted by atomic mass is 32.2. The third-order valence-electron chi connectivity index (χ3n) is 2.78. The van der Waals surface area contributed by atoms with E-state index in [-0.39, 0.29) is 17.4 Å². The van der Waals surface area contributed by atoms with Crippen LogP contribution in [0.15, 0.2) is 0 Å². The molecule has 0 aromatic carbocycles. The smallest absolute Gasteiger partial charge is 0.318 e. The van der Waals surface area contributed by atoms with Crippen LogP contribution in [0.2, 0.25) is 0 Å². The SMILES string of the molecule is CCCCOC(=O)CS(=O)CC(=O)N1CCCC1. The zero-order valence-electron chi connectivity index (χ0n) is 10.9. The first kappa shape index (κ1) is 15.1. The minimum atomic E-state index is -1.45. The lowest BCUT2D eigenvalue weighted by Crippen LogP contribution is -2.33. The second-order valence-corrected chi connectivity index (χ2v) is 5.85. The average molecular weight is 275 g/mol. The molecular weight excluding hydrogens is 254 g/mol. The summed E-state index contributed by atoms with van der Waals surface area (Å²) in [5.41, 5.74) is 0. The van der Waals surface area contributed by atoms with Crippen LogP contribution >= 0.6 is 0 Å². The normalized spacial score (nSPS) is 16.6. The Bertz CT molecular complexity index is 313. The largest absolute Gasteiger partial charge is 0.465 e. The Hall–Kier alpha value is -0.910. The van der Waals surface area contributed by atoms with Crippen molar-refractivity contribution in [3.05, 3.63) is 0 Å². The summed E-state index contributed by atoms with van der Waals surface area (Å²) < 4.78 is 16.5. The second kappa shape index (κ2) is 8.24. The van der Waals surface area contributed by atoms with Crippen molar-refractivity contribution in [3.8, 4) is 0 Å². The van der Waals surface area contributed by atoms with Crippen molar-refractivity contribution in [2.75, 3.05) is 31.2 Å². The molecule has 1 rings (SSSR count). The molecule has 0 N–H and O–H groups in total. The maximum Gasteiger partial charge on any atom is 0.318 e. The van der Waals surface area contributed by atoms with Crippen LogP contribution in [0.25, 0.3) is 0 Å². The monoisotopic (exact) mass is 275 g/mol. The molecule has 1 aliphatic heterocycles. The Balaban J connectivity index is 2.19. The second-order valence-electron chi connectivity index (χ2n) is 4.39. The number of ether oxygens (including phenoxy) is 1. The van der Waals surface area contributed by atoms with Crippen molar-refractivity contribution in [1.29, 1.82) is 0 Å². The Morgan fingerprint density at radius 2 is 1.89 bits per heavy atom. The lowest BCUT2D eigenvalue weighted by Gasteiger charge is -2.14. The summed E-state index contributed by atoms with van der Waals surface area (Å²) in [5, 5.41) is 0. The van der Waals surface area contributed by atoms with E-state index >= 15 is 0 Å². The zero-order valence-corrected chi connectivity index (χ0v) is 11.7. The van der Waals surface area contributed by atoms with E-state index < -0.39 is 16.8 Å². The predicted molar refractivity (Wildman–Crippen MR) is 69.6 cm³/mol. The number of likely N-dealkylation sites (tertiary alicyclic amines) is 1. The molecular formula is C12H21NO4S. The molecule has 6 heteroatoms. The summed E-state index contributed by atoms with van der Waals surface area (Å²) in [5.74, 6) is -0.838. The van der Waals surface area contributed by atoms with Crippen molar-refractivity contribution in [2.45, 2.75) is 32.6 Å². The van der Waals surface area contributed by atoms with Gasteiger partial charge in [0.2, 0.25) is 5.91 Å². The lowest BCUT2D eigenvalue weighted by atomic mass is 10.4.